The van der Waals surface area contributed by atoms with E-state index in [9.17, 15) is 0 Å². The molecule has 0 spiro atoms. The Hall–Kier alpha value is -0.380. The topological polar surface area (TPSA) is 35.2 Å². The van der Waals surface area contributed by atoms with Crippen LogP contribution in [-0.2, 0) is 4.74 Å². The first kappa shape index (κ1) is 11.7. The zero-order valence-electron chi connectivity index (χ0n) is 9.12. The fraction of sp³-hybridized carbons (Fsp3) is 0.636. The highest BCUT2D eigenvalue weighted by Gasteiger charge is 2.31. The summed E-state index contributed by atoms with van der Waals surface area (Å²) in [6.07, 6.45) is 0.928. The number of hydrogen-bond donors (Lipinski definition) is 1. The quantitative estimate of drug-likeness (QED) is 0.816. The van der Waals surface area contributed by atoms with Crippen molar-refractivity contribution in [1.82, 2.24) is 0 Å². The van der Waals surface area contributed by atoms with Crippen LogP contribution >= 0.6 is 11.3 Å². The summed E-state index contributed by atoms with van der Waals surface area (Å²) in [5.74, 6) is 0. The standard InChI is InChI=1S/C11H19NOS/c1-4-11(3,13-5-2)10(12)9-6-7-14-8-9/h6-8,10H,4-5,12H2,1-3H3. The van der Waals surface area contributed by atoms with Crippen LogP contribution in [0.1, 0.15) is 38.8 Å². The molecule has 1 aromatic heterocycles. The van der Waals surface area contributed by atoms with Crippen molar-refractivity contribution < 1.29 is 4.74 Å². The molecule has 2 N–H and O–H groups in total. The number of thiophene rings is 1. The molecular formula is C11H19NOS. The summed E-state index contributed by atoms with van der Waals surface area (Å²) in [5.41, 5.74) is 7.13. The molecule has 0 aliphatic carbocycles. The summed E-state index contributed by atoms with van der Waals surface area (Å²) in [6, 6.07) is 2.04. The average Bonchev–Trinajstić information content (AvgIpc) is 2.69. The summed E-state index contributed by atoms with van der Waals surface area (Å²) in [6.45, 7) is 6.91. The number of hydrogen-bond acceptors (Lipinski definition) is 3. The van der Waals surface area contributed by atoms with Crippen molar-refractivity contribution in [2.75, 3.05) is 6.61 Å². The first-order valence-corrected chi connectivity index (χ1v) is 6.00. The van der Waals surface area contributed by atoms with E-state index in [1.54, 1.807) is 11.3 Å². The first-order chi connectivity index (χ1) is 6.64. The van der Waals surface area contributed by atoms with Gasteiger partial charge in [-0.2, -0.15) is 11.3 Å². The lowest BCUT2D eigenvalue weighted by molar-refractivity contribution is -0.0471. The van der Waals surface area contributed by atoms with Crippen LogP contribution in [0.25, 0.3) is 0 Å². The highest BCUT2D eigenvalue weighted by atomic mass is 32.1. The molecule has 2 atom stereocenters. The van der Waals surface area contributed by atoms with Crippen molar-refractivity contribution in [3.63, 3.8) is 0 Å². The molecular weight excluding hydrogens is 194 g/mol. The van der Waals surface area contributed by atoms with Crippen molar-refractivity contribution in [2.24, 2.45) is 5.73 Å². The third-order valence-corrected chi connectivity index (χ3v) is 3.44. The average molecular weight is 213 g/mol. The van der Waals surface area contributed by atoms with Crippen LogP contribution in [-0.4, -0.2) is 12.2 Å². The summed E-state index contributed by atoms with van der Waals surface area (Å²) in [4.78, 5) is 0. The number of nitrogens with two attached hydrogens (primary N) is 1. The summed E-state index contributed by atoms with van der Waals surface area (Å²) in [7, 11) is 0. The minimum Gasteiger partial charge on any atom is -0.374 e. The van der Waals surface area contributed by atoms with Crippen molar-refractivity contribution in [3.05, 3.63) is 22.4 Å². The maximum atomic E-state index is 6.20. The summed E-state index contributed by atoms with van der Waals surface area (Å²) < 4.78 is 5.74. The summed E-state index contributed by atoms with van der Waals surface area (Å²) >= 11 is 1.68. The van der Waals surface area contributed by atoms with Gasteiger partial charge in [-0.15, -0.1) is 0 Å². The van der Waals surface area contributed by atoms with Crippen LogP contribution in [0.3, 0.4) is 0 Å². The van der Waals surface area contributed by atoms with Gasteiger partial charge in [0, 0.05) is 6.61 Å². The minimum atomic E-state index is -0.240. The van der Waals surface area contributed by atoms with Crippen molar-refractivity contribution in [1.29, 1.82) is 0 Å². The second-order valence-corrected chi connectivity index (χ2v) is 4.41. The Morgan fingerprint density at radius 2 is 2.29 bits per heavy atom. The van der Waals surface area contributed by atoms with Gasteiger partial charge in [0.05, 0.1) is 11.6 Å². The highest BCUT2D eigenvalue weighted by molar-refractivity contribution is 7.07. The molecule has 1 heterocycles. The first-order valence-electron chi connectivity index (χ1n) is 5.05. The zero-order chi connectivity index (χ0) is 10.6. The second kappa shape index (κ2) is 4.91. The van der Waals surface area contributed by atoms with E-state index in [4.69, 9.17) is 10.5 Å². The Balaban J connectivity index is 2.79. The largest absolute Gasteiger partial charge is 0.374 e. The van der Waals surface area contributed by atoms with E-state index < -0.39 is 0 Å². The van der Waals surface area contributed by atoms with Gasteiger partial charge < -0.3 is 10.5 Å². The van der Waals surface area contributed by atoms with Crippen LogP contribution in [0, 0.1) is 0 Å². The van der Waals surface area contributed by atoms with E-state index in [1.165, 1.54) is 5.56 Å². The molecule has 0 aliphatic rings. The van der Waals surface area contributed by atoms with E-state index in [-0.39, 0.29) is 11.6 Å². The molecule has 0 radical (unpaired) electrons. The van der Waals surface area contributed by atoms with Gasteiger partial charge >= 0.3 is 0 Å². The molecule has 0 fully saturated rings. The predicted molar refractivity (Wildman–Crippen MR) is 61.6 cm³/mol. The molecule has 80 valence electrons. The minimum absolute atomic E-state index is 0.0290. The Morgan fingerprint density at radius 3 is 2.71 bits per heavy atom. The normalized spacial score (nSPS) is 17.7. The lowest BCUT2D eigenvalue weighted by atomic mass is 9.90. The van der Waals surface area contributed by atoms with Gasteiger partial charge in [0.2, 0.25) is 0 Å². The van der Waals surface area contributed by atoms with Gasteiger partial charge in [-0.1, -0.05) is 6.92 Å². The molecule has 1 aromatic rings. The maximum absolute atomic E-state index is 6.20. The van der Waals surface area contributed by atoms with Gasteiger partial charge in [-0.05, 0) is 42.7 Å². The van der Waals surface area contributed by atoms with Crippen molar-refractivity contribution in [2.45, 2.75) is 38.8 Å². The fourth-order valence-corrected chi connectivity index (χ4v) is 2.24. The van der Waals surface area contributed by atoms with Gasteiger partial charge in [0.1, 0.15) is 0 Å². The molecule has 0 amide bonds. The van der Waals surface area contributed by atoms with Gasteiger partial charge in [-0.3, -0.25) is 0 Å². The smallest absolute Gasteiger partial charge is 0.0843 e. The molecule has 0 bridgehead atoms. The van der Waals surface area contributed by atoms with Crippen LogP contribution in [0.5, 0.6) is 0 Å². The number of rotatable bonds is 5. The molecule has 2 unspecified atom stereocenters. The monoisotopic (exact) mass is 213 g/mol. The third kappa shape index (κ3) is 2.35. The van der Waals surface area contributed by atoms with E-state index in [2.05, 4.69) is 30.7 Å². The van der Waals surface area contributed by atoms with Crippen LogP contribution in [0.15, 0.2) is 16.8 Å². The van der Waals surface area contributed by atoms with E-state index >= 15 is 0 Å². The third-order valence-electron chi connectivity index (χ3n) is 2.74. The molecule has 0 saturated heterocycles. The Kier molecular flexibility index (Phi) is 4.11. The highest BCUT2D eigenvalue weighted by Crippen LogP contribution is 2.30. The molecule has 2 nitrogen and oxygen atoms in total. The van der Waals surface area contributed by atoms with Crippen LogP contribution in [0.2, 0.25) is 0 Å². The van der Waals surface area contributed by atoms with Gasteiger partial charge in [0.15, 0.2) is 0 Å². The van der Waals surface area contributed by atoms with Gasteiger partial charge in [-0.25, -0.2) is 0 Å². The van der Waals surface area contributed by atoms with E-state index in [0.29, 0.717) is 6.61 Å². The molecule has 0 saturated carbocycles. The van der Waals surface area contributed by atoms with Crippen LogP contribution < -0.4 is 5.73 Å². The molecule has 1 rings (SSSR count). The Bertz CT molecular complexity index is 260. The fourth-order valence-electron chi connectivity index (χ4n) is 1.55. The van der Waals surface area contributed by atoms with E-state index in [0.717, 1.165) is 6.42 Å². The van der Waals surface area contributed by atoms with Gasteiger partial charge in [0.25, 0.3) is 0 Å². The van der Waals surface area contributed by atoms with Crippen LogP contribution in [0.4, 0.5) is 0 Å². The lowest BCUT2D eigenvalue weighted by Gasteiger charge is -2.34. The number of ether oxygens (including phenoxy) is 1. The lowest BCUT2D eigenvalue weighted by Crippen LogP contribution is -2.40. The SMILES string of the molecule is CCOC(C)(CC)C(N)c1ccsc1. The molecule has 0 aliphatic heterocycles. The molecule has 14 heavy (non-hydrogen) atoms. The predicted octanol–water partition coefficient (Wildman–Crippen LogP) is 2.95. The summed E-state index contributed by atoms with van der Waals surface area (Å²) in [5, 5.41) is 4.15. The second-order valence-electron chi connectivity index (χ2n) is 3.63. The van der Waals surface area contributed by atoms with Crippen molar-refractivity contribution >= 4 is 11.3 Å². The Morgan fingerprint density at radius 1 is 1.57 bits per heavy atom. The zero-order valence-corrected chi connectivity index (χ0v) is 9.93. The van der Waals surface area contributed by atoms with Crippen molar-refractivity contribution in [3.8, 4) is 0 Å². The maximum Gasteiger partial charge on any atom is 0.0843 e. The molecule has 3 heteroatoms. The molecule has 0 aromatic carbocycles. The van der Waals surface area contributed by atoms with E-state index in [1.807, 2.05) is 6.92 Å². The Labute approximate surface area is 90.1 Å².